The topological polar surface area (TPSA) is 18.5 Å². The average molecular weight is 485 g/mol. The van der Waals surface area contributed by atoms with Gasteiger partial charge in [0.1, 0.15) is 11.5 Å². The molecule has 0 N–H and O–H groups in total. The van der Waals surface area contributed by atoms with Crippen molar-refractivity contribution in [1.29, 1.82) is 0 Å². The van der Waals surface area contributed by atoms with Crippen molar-refractivity contribution in [3.8, 4) is 11.5 Å². The lowest BCUT2D eigenvalue weighted by atomic mass is 9.96. The Hall–Kier alpha value is -3.64. The maximum Gasteiger partial charge on any atom is 0.118 e. The van der Waals surface area contributed by atoms with Gasteiger partial charge < -0.3 is 9.47 Å². The third-order valence-corrected chi connectivity index (χ3v) is 5.84. The first-order chi connectivity index (χ1) is 16.6. The van der Waals surface area contributed by atoms with Gasteiger partial charge >= 0.3 is 0 Å². The Morgan fingerprint density at radius 3 is 1.00 bits per heavy atom. The first-order valence-corrected chi connectivity index (χ1v) is 11.4. The Morgan fingerprint density at radius 2 is 0.735 bits per heavy atom. The van der Waals surface area contributed by atoms with Gasteiger partial charge in [0.25, 0.3) is 0 Å². The van der Waals surface area contributed by atoms with E-state index in [-0.39, 0.29) is 0 Å². The highest BCUT2D eigenvalue weighted by atomic mass is 35.5. The maximum absolute atomic E-state index is 6.13. The van der Waals surface area contributed by atoms with E-state index in [9.17, 15) is 0 Å². The summed E-state index contributed by atoms with van der Waals surface area (Å²) in [6, 6.07) is 31.1. The molecule has 4 aromatic carbocycles. The second kappa shape index (κ2) is 11.0. The van der Waals surface area contributed by atoms with Gasteiger partial charge in [0.2, 0.25) is 0 Å². The van der Waals surface area contributed by atoms with Crippen LogP contribution in [0.1, 0.15) is 22.3 Å². The van der Waals surface area contributed by atoms with Gasteiger partial charge in [-0.25, -0.2) is 0 Å². The Morgan fingerprint density at radius 1 is 0.471 bits per heavy atom. The predicted molar refractivity (Wildman–Crippen MR) is 141 cm³/mol. The monoisotopic (exact) mass is 484 g/mol. The zero-order chi connectivity index (χ0) is 23.9. The quantitative estimate of drug-likeness (QED) is 0.256. The van der Waals surface area contributed by atoms with Crippen LogP contribution in [-0.2, 0) is 0 Å². The van der Waals surface area contributed by atoms with Gasteiger partial charge in [-0.2, -0.15) is 0 Å². The largest absolute Gasteiger partial charge is 0.497 e. The van der Waals surface area contributed by atoms with Crippen LogP contribution in [0.15, 0.2) is 109 Å². The van der Waals surface area contributed by atoms with Crippen LogP contribution in [0.5, 0.6) is 11.5 Å². The number of benzene rings is 4. The van der Waals surface area contributed by atoms with Gasteiger partial charge in [0.05, 0.1) is 14.2 Å². The van der Waals surface area contributed by atoms with Crippen molar-refractivity contribution in [2.24, 2.45) is 0 Å². The molecule has 0 saturated heterocycles. The lowest BCUT2D eigenvalue weighted by Gasteiger charge is -2.08. The molecule has 0 unspecified atom stereocenters. The number of hydrogen-bond donors (Lipinski definition) is 0. The zero-order valence-corrected chi connectivity index (χ0v) is 20.3. The fourth-order valence-corrected chi connectivity index (χ4v) is 3.75. The van der Waals surface area contributed by atoms with Gasteiger partial charge in [0.15, 0.2) is 0 Å². The van der Waals surface area contributed by atoms with E-state index in [1.54, 1.807) is 14.2 Å². The number of hydrogen-bond acceptors (Lipinski definition) is 2. The molecule has 34 heavy (non-hydrogen) atoms. The van der Waals surface area contributed by atoms with Gasteiger partial charge in [-0.3, -0.25) is 0 Å². The summed E-state index contributed by atoms with van der Waals surface area (Å²) >= 11 is 12.3. The smallest absolute Gasteiger partial charge is 0.118 e. The summed E-state index contributed by atoms with van der Waals surface area (Å²) in [5.41, 5.74) is 12.6. The van der Waals surface area contributed by atoms with Crippen LogP contribution in [-0.4, -0.2) is 14.2 Å². The maximum atomic E-state index is 6.13. The van der Waals surface area contributed by atoms with Crippen molar-refractivity contribution in [3.05, 3.63) is 141 Å². The van der Waals surface area contributed by atoms with Crippen molar-refractivity contribution in [1.82, 2.24) is 0 Å². The third kappa shape index (κ3) is 5.64. The van der Waals surface area contributed by atoms with E-state index >= 15 is 0 Å². The highest BCUT2D eigenvalue weighted by molar-refractivity contribution is 6.31. The normalized spacial score (nSPS) is 10.1. The minimum atomic E-state index is 0.677. The van der Waals surface area contributed by atoms with E-state index < -0.39 is 0 Å². The van der Waals surface area contributed by atoms with E-state index in [0.717, 1.165) is 44.9 Å². The molecular weight excluding hydrogens is 463 g/mol. The Labute approximate surface area is 210 Å². The summed E-state index contributed by atoms with van der Waals surface area (Å²) in [7, 11) is 3.31. The molecule has 168 valence electrons. The van der Waals surface area contributed by atoms with Crippen molar-refractivity contribution in [2.75, 3.05) is 14.2 Å². The molecule has 0 bridgehead atoms. The van der Waals surface area contributed by atoms with Gasteiger partial charge in [-0.15, -0.1) is 0 Å². The molecular formula is C30H22Cl2O2. The highest BCUT2D eigenvalue weighted by Gasteiger charge is 2.08. The summed E-state index contributed by atoms with van der Waals surface area (Å²) in [4.78, 5) is 0. The number of methoxy groups -OCH3 is 2. The molecule has 2 nitrogen and oxygen atoms in total. The van der Waals surface area contributed by atoms with Gasteiger partial charge in [0, 0.05) is 21.2 Å². The fourth-order valence-electron chi connectivity index (χ4n) is 3.50. The summed E-state index contributed by atoms with van der Waals surface area (Å²) in [5.74, 6) is 1.58. The predicted octanol–water partition coefficient (Wildman–Crippen LogP) is 8.33. The lowest BCUT2D eigenvalue weighted by Crippen LogP contribution is -1.90. The van der Waals surface area contributed by atoms with Crippen LogP contribution in [0.3, 0.4) is 0 Å². The summed E-state index contributed by atoms with van der Waals surface area (Å²) in [6.07, 6.45) is 0. The molecule has 0 aliphatic carbocycles. The number of ether oxygens (including phenoxy) is 2. The first-order valence-electron chi connectivity index (χ1n) is 10.6. The average Bonchev–Trinajstić information content (AvgIpc) is 2.88. The molecule has 0 radical (unpaired) electrons. The lowest BCUT2D eigenvalue weighted by molar-refractivity contribution is 0.414. The Bertz CT molecular complexity index is 1260. The molecule has 0 amide bonds. The van der Waals surface area contributed by atoms with Gasteiger partial charge in [-0.1, -0.05) is 83.2 Å². The molecule has 4 rings (SSSR count). The zero-order valence-electron chi connectivity index (χ0n) is 18.8. The summed E-state index contributed by atoms with van der Waals surface area (Å²) in [5, 5.41) is 1.35. The van der Waals surface area contributed by atoms with Crippen molar-refractivity contribution in [3.63, 3.8) is 0 Å². The van der Waals surface area contributed by atoms with Crippen LogP contribution in [0.2, 0.25) is 10.0 Å². The molecule has 0 aromatic heterocycles. The van der Waals surface area contributed by atoms with E-state index in [0.29, 0.717) is 10.0 Å². The molecule has 0 fully saturated rings. The SMILES string of the molecule is COc1ccc(C(=C=C=C(c2ccc(Cl)cc2)c2ccc(Cl)cc2)c2ccc(OC)cc2)cc1. The minimum Gasteiger partial charge on any atom is -0.497 e. The molecule has 0 spiro atoms. The minimum absolute atomic E-state index is 0.677. The van der Waals surface area contributed by atoms with E-state index in [1.807, 2.05) is 97.1 Å². The number of halogens is 2. The van der Waals surface area contributed by atoms with Crippen LogP contribution in [0, 0.1) is 0 Å². The van der Waals surface area contributed by atoms with Crippen LogP contribution in [0.4, 0.5) is 0 Å². The van der Waals surface area contributed by atoms with Crippen LogP contribution in [0.25, 0.3) is 11.1 Å². The molecule has 4 aromatic rings. The molecule has 0 heterocycles. The second-order valence-corrected chi connectivity index (χ2v) is 8.34. The molecule has 4 heteroatoms. The molecule has 0 aliphatic heterocycles. The van der Waals surface area contributed by atoms with Crippen LogP contribution >= 0.6 is 23.2 Å². The summed E-state index contributed by atoms with van der Waals surface area (Å²) in [6.45, 7) is 0. The summed E-state index contributed by atoms with van der Waals surface area (Å²) < 4.78 is 10.7. The standard InChI is InChI=1S/C30H22Cl2O2/c1-33-27-15-7-23(8-16-27)30(24-9-17-28(34-2)18-10-24)20-19-29(21-3-11-25(31)12-4-21)22-5-13-26(32)14-6-22/h3-18H,1-2H3. The van der Waals surface area contributed by atoms with Crippen molar-refractivity contribution < 1.29 is 9.47 Å². The fraction of sp³-hybridized carbons (Fsp3) is 0.0667. The third-order valence-electron chi connectivity index (χ3n) is 5.34. The van der Waals surface area contributed by atoms with Gasteiger partial charge in [-0.05, 0) is 70.8 Å². The number of rotatable bonds is 6. The van der Waals surface area contributed by atoms with Crippen molar-refractivity contribution in [2.45, 2.75) is 0 Å². The van der Waals surface area contributed by atoms with E-state index in [2.05, 4.69) is 11.5 Å². The highest BCUT2D eigenvalue weighted by Crippen LogP contribution is 2.28. The molecule has 0 atom stereocenters. The van der Waals surface area contributed by atoms with Crippen molar-refractivity contribution >= 4 is 34.3 Å². The van der Waals surface area contributed by atoms with Crippen LogP contribution < -0.4 is 9.47 Å². The first kappa shape index (κ1) is 23.5. The van der Waals surface area contributed by atoms with E-state index in [1.165, 1.54) is 0 Å². The Kier molecular flexibility index (Phi) is 7.60. The van der Waals surface area contributed by atoms with E-state index in [4.69, 9.17) is 32.7 Å². The Balaban J connectivity index is 1.98. The second-order valence-electron chi connectivity index (χ2n) is 7.47. The molecule has 0 saturated carbocycles. The molecule has 0 aliphatic rings.